The van der Waals surface area contributed by atoms with Crippen LogP contribution in [0.4, 0.5) is 0 Å². The highest BCUT2D eigenvalue weighted by Gasteiger charge is 2.19. The van der Waals surface area contributed by atoms with Gasteiger partial charge in [-0.25, -0.2) is 0 Å². The van der Waals surface area contributed by atoms with E-state index in [1.54, 1.807) is 17.0 Å². The zero-order chi connectivity index (χ0) is 10.7. The Bertz CT molecular complexity index is 320. The van der Waals surface area contributed by atoms with Gasteiger partial charge >= 0.3 is 0 Å². The van der Waals surface area contributed by atoms with Gasteiger partial charge in [-0.3, -0.25) is 4.79 Å². The van der Waals surface area contributed by atoms with Crippen LogP contribution in [0.5, 0.6) is 0 Å². The number of furan rings is 1. The van der Waals surface area contributed by atoms with Crippen molar-refractivity contribution in [1.82, 2.24) is 4.90 Å². The van der Waals surface area contributed by atoms with Gasteiger partial charge in [-0.15, -0.1) is 0 Å². The monoisotopic (exact) mass is 259 g/mol. The highest BCUT2D eigenvalue weighted by atomic mass is 79.9. The van der Waals surface area contributed by atoms with Crippen LogP contribution in [-0.2, 0) is 0 Å². The Labute approximate surface area is 92.2 Å². The predicted octanol–water partition coefficient (Wildman–Crippen LogP) is 2.91. The minimum atomic E-state index is -0.0619. The molecule has 1 amide bonds. The molecule has 0 aliphatic heterocycles. The van der Waals surface area contributed by atoms with Gasteiger partial charge in [-0.05, 0) is 48.8 Å². The molecule has 1 aromatic heterocycles. The number of hydrogen-bond acceptors (Lipinski definition) is 2. The van der Waals surface area contributed by atoms with Gasteiger partial charge in [0.05, 0.1) is 0 Å². The summed E-state index contributed by atoms with van der Waals surface area (Å²) in [6.07, 6.45) is 0. The maximum absolute atomic E-state index is 11.8. The molecule has 4 heteroatoms. The van der Waals surface area contributed by atoms with Crippen molar-refractivity contribution in [2.75, 3.05) is 6.54 Å². The number of hydrogen-bond donors (Lipinski definition) is 0. The van der Waals surface area contributed by atoms with Crippen LogP contribution in [0.15, 0.2) is 21.2 Å². The lowest BCUT2D eigenvalue weighted by Gasteiger charge is -2.23. The van der Waals surface area contributed by atoms with Crippen molar-refractivity contribution < 1.29 is 9.21 Å². The Morgan fingerprint density at radius 1 is 1.57 bits per heavy atom. The van der Waals surface area contributed by atoms with Crippen LogP contribution in [-0.4, -0.2) is 23.4 Å². The lowest BCUT2D eigenvalue weighted by molar-refractivity contribution is 0.0683. The third kappa shape index (κ3) is 2.38. The molecule has 0 saturated carbocycles. The molecule has 0 N–H and O–H groups in total. The smallest absolute Gasteiger partial charge is 0.289 e. The normalized spacial score (nSPS) is 10.6. The van der Waals surface area contributed by atoms with E-state index in [2.05, 4.69) is 15.9 Å². The van der Waals surface area contributed by atoms with Crippen molar-refractivity contribution in [3.8, 4) is 0 Å². The Morgan fingerprint density at radius 3 is 2.57 bits per heavy atom. The fourth-order valence-corrected chi connectivity index (χ4v) is 1.62. The zero-order valence-corrected chi connectivity index (χ0v) is 10.2. The molecule has 0 atom stereocenters. The van der Waals surface area contributed by atoms with Crippen LogP contribution in [0.2, 0.25) is 0 Å². The van der Waals surface area contributed by atoms with Crippen LogP contribution in [0.3, 0.4) is 0 Å². The van der Waals surface area contributed by atoms with Crippen LogP contribution in [0.1, 0.15) is 31.3 Å². The number of amides is 1. The number of nitrogens with zero attached hydrogens (tertiary/aromatic N) is 1. The Balaban J connectivity index is 2.83. The summed E-state index contributed by atoms with van der Waals surface area (Å²) in [6.45, 7) is 6.61. The van der Waals surface area contributed by atoms with E-state index < -0.39 is 0 Å². The number of rotatable bonds is 3. The summed E-state index contributed by atoms with van der Waals surface area (Å²) >= 11 is 3.17. The third-order valence-electron chi connectivity index (χ3n) is 2.01. The van der Waals surface area contributed by atoms with Gasteiger partial charge in [-0.1, -0.05) is 0 Å². The van der Waals surface area contributed by atoms with Crippen LogP contribution >= 0.6 is 15.9 Å². The molecule has 0 aliphatic rings. The fourth-order valence-electron chi connectivity index (χ4n) is 1.31. The second kappa shape index (κ2) is 4.64. The van der Waals surface area contributed by atoms with E-state index in [1.165, 1.54) is 0 Å². The lowest BCUT2D eigenvalue weighted by Crippen LogP contribution is -2.36. The molecular formula is C10H14BrNO2. The first kappa shape index (κ1) is 11.3. The molecular weight excluding hydrogens is 246 g/mol. The van der Waals surface area contributed by atoms with Crippen molar-refractivity contribution in [2.24, 2.45) is 0 Å². The van der Waals surface area contributed by atoms with Gasteiger partial charge in [-0.2, -0.15) is 0 Å². The van der Waals surface area contributed by atoms with E-state index >= 15 is 0 Å². The van der Waals surface area contributed by atoms with Gasteiger partial charge in [0.2, 0.25) is 0 Å². The summed E-state index contributed by atoms with van der Waals surface area (Å²) in [6, 6.07) is 3.59. The number of carbonyl (C=O) groups excluding carboxylic acids is 1. The molecule has 0 fully saturated rings. The molecule has 1 rings (SSSR count). The van der Waals surface area contributed by atoms with E-state index in [4.69, 9.17) is 4.42 Å². The topological polar surface area (TPSA) is 33.5 Å². The van der Waals surface area contributed by atoms with E-state index in [1.807, 2.05) is 20.8 Å². The van der Waals surface area contributed by atoms with Gasteiger partial charge in [0, 0.05) is 12.6 Å². The van der Waals surface area contributed by atoms with Gasteiger partial charge in [0.15, 0.2) is 10.4 Å². The summed E-state index contributed by atoms with van der Waals surface area (Å²) in [5.41, 5.74) is 0. The van der Waals surface area contributed by atoms with Gasteiger partial charge in [0.25, 0.3) is 5.91 Å². The van der Waals surface area contributed by atoms with E-state index in [9.17, 15) is 4.79 Å². The summed E-state index contributed by atoms with van der Waals surface area (Å²) in [7, 11) is 0. The minimum Gasteiger partial charge on any atom is -0.444 e. The van der Waals surface area contributed by atoms with E-state index in [0.29, 0.717) is 17.0 Å². The largest absolute Gasteiger partial charge is 0.444 e. The van der Waals surface area contributed by atoms with Crippen molar-refractivity contribution in [1.29, 1.82) is 0 Å². The Morgan fingerprint density at radius 2 is 2.21 bits per heavy atom. The minimum absolute atomic E-state index is 0.0619. The molecule has 0 bridgehead atoms. The molecule has 0 aliphatic carbocycles. The highest BCUT2D eigenvalue weighted by Crippen LogP contribution is 2.16. The molecule has 3 nitrogen and oxygen atoms in total. The maximum atomic E-state index is 11.8. The quantitative estimate of drug-likeness (QED) is 0.837. The van der Waals surface area contributed by atoms with Crippen molar-refractivity contribution >= 4 is 21.8 Å². The summed E-state index contributed by atoms with van der Waals surface area (Å²) in [4.78, 5) is 13.6. The molecule has 0 radical (unpaired) electrons. The SMILES string of the molecule is CCN(C(=O)c1ccc(Br)o1)C(C)C. The third-order valence-corrected chi connectivity index (χ3v) is 2.44. The second-order valence-corrected chi connectivity index (χ2v) is 4.07. The fraction of sp³-hybridized carbons (Fsp3) is 0.500. The van der Waals surface area contributed by atoms with Crippen LogP contribution < -0.4 is 0 Å². The Hall–Kier alpha value is -0.770. The zero-order valence-electron chi connectivity index (χ0n) is 8.58. The first-order valence-electron chi connectivity index (χ1n) is 4.62. The van der Waals surface area contributed by atoms with Crippen molar-refractivity contribution in [3.05, 3.63) is 22.6 Å². The maximum Gasteiger partial charge on any atom is 0.289 e. The average molecular weight is 260 g/mol. The molecule has 1 heterocycles. The standard InChI is InChI=1S/C10H14BrNO2/c1-4-12(7(2)3)10(13)8-5-6-9(11)14-8/h5-7H,4H2,1-3H3. The first-order chi connectivity index (χ1) is 6.56. The van der Waals surface area contributed by atoms with Crippen molar-refractivity contribution in [2.45, 2.75) is 26.8 Å². The predicted molar refractivity (Wildman–Crippen MR) is 58.3 cm³/mol. The molecule has 0 spiro atoms. The molecule has 1 aromatic rings. The highest BCUT2D eigenvalue weighted by molar-refractivity contribution is 9.10. The lowest BCUT2D eigenvalue weighted by atomic mass is 10.3. The second-order valence-electron chi connectivity index (χ2n) is 3.29. The molecule has 14 heavy (non-hydrogen) atoms. The van der Waals surface area contributed by atoms with Crippen LogP contribution in [0.25, 0.3) is 0 Å². The van der Waals surface area contributed by atoms with Gasteiger partial charge in [0.1, 0.15) is 0 Å². The average Bonchev–Trinajstić information content (AvgIpc) is 2.52. The summed E-state index contributed by atoms with van der Waals surface area (Å²) in [5.74, 6) is 0.320. The summed E-state index contributed by atoms with van der Waals surface area (Å²) < 4.78 is 5.79. The van der Waals surface area contributed by atoms with Gasteiger partial charge < -0.3 is 9.32 Å². The number of carbonyl (C=O) groups is 1. The molecule has 0 saturated heterocycles. The molecule has 0 unspecified atom stereocenters. The Kier molecular flexibility index (Phi) is 3.75. The van der Waals surface area contributed by atoms with E-state index in [-0.39, 0.29) is 11.9 Å². The first-order valence-corrected chi connectivity index (χ1v) is 5.41. The van der Waals surface area contributed by atoms with Crippen LogP contribution in [0, 0.1) is 0 Å². The summed E-state index contributed by atoms with van der Waals surface area (Å²) in [5, 5.41) is 0. The number of halogens is 1. The molecule has 0 aromatic carbocycles. The van der Waals surface area contributed by atoms with E-state index in [0.717, 1.165) is 0 Å². The van der Waals surface area contributed by atoms with Crippen molar-refractivity contribution in [3.63, 3.8) is 0 Å². The molecule has 78 valence electrons.